The van der Waals surface area contributed by atoms with Crippen molar-refractivity contribution in [3.63, 3.8) is 0 Å². The summed E-state index contributed by atoms with van der Waals surface area (Å²) >= 11 is 1.16. The van der Waals surface area contributed by atoms with Crippen LogP contribution in [0.4, 0.5) is 4.79 Å². The highest BCUT2D eigenvalue weighted by molar-refractivity contribution is 8.15. The van der Waals surface area contributed by atoms with E-state index in [2.05, 4.69) is 0 Å². The molecule has 1 saturated heterocycles. The lowest BCUT2D eigenvalue weighted by Crippen LogP contribution is -2.48. The number of amides is 1. The molecule has 20 heavy (non-hydrogen) atoms. The Hall–Kier alpha value is -0.790. The first-order chi connectivity index (χ1) is 9.41. The van der Waals surface area contributed by atoms with Crippen molar-refractivity contribution < 1.29 is 17.9 Å². The molecule has 1 amide bonds. The van der Waals surface area contributed by atoms with Gasteiger partial charge in [-0.25, -0.2) is 13.2 Å². The zero-order chi connectivity index (χ0) is 14.8. The fourth-order valence-corrected chi connectivity index (χ4v) is 4.06. The van der Waals surface area contributed by atoms with Crippen LogP contribution < -0.4 is 0 Å². The van der Waals surface area contributed by atoms with E-state index < -0.39 is 9.05 Å². The van der Waals surface area contributed by atoms with E-state index in [0.29, 0.717) is 19.7 Å². The van der Waals surface area contributed by atoms with Crippen LogP contribution in [-0.2, 0) is 13.8 Å². The van der Waals surface area contributed by atoms with Gasteiger partial charge < -0.3 is 9.64 Å². The van der Waals surface area contributed by atoms with Crippen LogP contribution in [0.2, 0.25) is 0 Å². The molecule has 0 unspecified atom stereocenters. The van der Waals surface area contributed by atoms with Crippen LogP contribution in [0.15, 0.2) is 16.3 Å². The molecule has 1 aliphatic rings. The molecule has 0 bridgehead atoms. The molecule has 0 aromatic carbocycles. The summed E-state index contributed by atoms with van der Waals surface area (Å²) in [6.07, 6.45) is 1.56. The van der Waals surface area contributed by atoms with Gasteiger partial charge in [0, 0.05) is 34.6 Å². The minimum absolute atomic E-state index is 0.151. The van der Waals surface area contributed by atoms with Gasteiger partial charge >= 0.3 is 6.09 Å². The Labute approximate surface area is 126 Å². The average Bonchev–Trinajstić information content (AvgIpc) is 2.76. The number of carbonyl (C=O) groups is 1. The van der Waals surface area contributed by atoms with Gasteiger partial charge in [-0.2, -0.15) is 0 Å². The molecule has 8 heteroatoms. The van der Waals surface area contributed by atoms with Gasteiger partial charge in [0.15, 0.2) is 0 Å². The quantitative estimate of drug-likeness (QED) is 0.612. The minimum atomic E-state index is -3.66. The Morgan fingerprint density at radius 1 is 1.50 bits per heavy atom. The molecule has 5 nitrogen and oxygen atoms in total. The first kappa shape index (κ1) is 15.6. The molecule has 1 aromatic rings. The number of unbranched alkanes of at least 4 members (excludes halogenated alkanes) is 1. The number of hydrogen-bond acceptors (Lipinski definition) is 5. The van der Waals surface area contributed by atoms with Crippen LogP contribution in [0.25, 0.3) is 0 Å². The lowest BCUT2D eigenvalue weighted by molar-refractivity contribution is 0.0711. The van der Waals surface area contributed by atoms with Crippen molar-refractivity contribution in [3.8, 4) is 0 Å². The molecular formula is C12H16ClNO4S2. The van der Waals surface area contributed by atoms with E-state index in [1.54, 1.807) is 11.0 Å². The molecule has 2 rings (SSSR count). The predicted octanol–water partition coefficient (Wildman–Crippen LogP) is 3.01. The molecule has 112 valence electrons. The fourth-order valence-electron chi connectivity index (χ4n) is 1.89. The summed E-state index contributed by atoms with van der Waals surface area (Å²) in [7, 11) is 1.63. The molecule has 0 spiro atoms. The zero-order valence-electron chi connectivity index (χ0n) is 11.0. The standard InChI is InChI=1S/C12H16ClNO4S2/c1-2-3-6-18-12(15)14-7-9(8-14)10-4-5-11(19-10)20(13,16)17/h4-5,9H,2-3,6-8H2,1H3. The normalized spacial score (nSPS) is 16.0. The third-order valence-corrected chi connectivity index (χ3v) is 6.45. The first-order valence-electron chi connectivity index (χ1n) is 6.38. The highest BCUT2D eigenvalue weighted by Gasteiger charge is 2.34. The van der Waals surface area contributed by atoms with Gasteiger partial charge in [0.1, 0.15) is 4.21 Å². The monoisotopic (exact) mass is 337 g/mol. The Balaban J connectivity index is 1.84. The second-order valence-corrected chi connectivity index (χ2v) is 8.57. The third-order valence-electron chi connectivity index (χ3n) is 3.11. The van der Waals surface area contributed by atoms with Gasteiger partial charge in [-0.15, -0.1) is 11.3 Å². The molecule has 0 radical (unpaired) electrons. The SMILES string of the molecule is CCCCOC(=O)N1CC(c2ccc(S(=O)(=O)Cl)s2)C1. The van der Waals surface area contributed by atoms with Crippen LogP contribution in [0.1, 0.15) is 30.6 Å². The maximum atomic E-state index is 11.6. The number of carbonyl (C=O) groups excluding carboxylic acids is 1. The molecule has 0 N–H and O–H groups in total. The van der Waals surface area contributed by atoms with Gasteiger partial charge in [0.05, 0.1) is 6.61 Å². The number of thiophene rings is 1. The average molecular weight is 338 g/mol. The largest absolute Gasteiger partial charge is 0.449 e. The first-order valence-corrected chi connectivity index (χ1v) is 9.50. The minimum Gasteiger partial charge on any atom is -0.449 e. The Kier molecular flexibility index (Phi) is 4.93. The van der Waals surface area contributed by atoms with Gasteiger partial charge in [-0.1, -0.05) is 13.3 Å². The summed E-state index contributed by atoms with van der Waals surface area (Å²) in [5, 5.41) is 0. The van der Waals surface area contributed by atoms with Crippen molar-refractivity contribution in [1.29, 1.82) is 0 Å². The van der Waals surface area contributed by atoms with E-state index in [4.69, 9.17) is 15.4 Å². The Bertz CT molecular complexity index is 578. The van der Waals surface area contributed by atoms with Crippen molar-refractivity contribution in [2.24, 2.45) is 0 Å². The second-order valence-electron chi connectivity index (χ2n) is 4.66. The summed E-state index contributed by atoms with van der Waals surface area (Å²) in [6.45, 7) is 3.61. The second kappa shape index (κ2) is 6.32. The van der Waals surface area contributed by atoms with E-state index in [9.17, 15) is 13.2 Å². The van der Waals surface area contributed by atoms with Gasteiger partial charge in [-0.05, 0) is 18.6 Å². The number of halogens is 1. The van der Waals surface area contributed by atoms with Gasteiger partial charge in [-0.3, -0.25) is 0 Å². The third kappa shape index (κ3) is 3.65. The highest BCUT2D eigenvalue weighted by Crippen LogP contribution is 2.35. The molecule has 1 aliphatic heterocycles. The predicted molar refractivity (Wildman–Crippen MR) is 77.9 cm³/mol. The van der Waals surface area contributed by atoms with Crippen LogP contribution in [0.5, 0.6) is 0 Å². The molecule has 0 aliphatic carbocycles. The van der Waals surface area contributed by atoms with Crippen molar-refractivity contribution >= 4 is 37.2 Å². The van der Waals surface area contributed by atoms with Crippen LogP contribution in [0, 0.1) is 0 Å². The van der Waals surface area contributed by atoms with Crippen molar-refractivity contribution in [2.75, 3.05) is 19.7 Å². The number of hydrogen-bond donors (Lipinski definition) is 0. The van der Waals surface area contributed by atoms with E-state index in [1.807, 2.05) is 6.92 Å². The summed E-state index contributed by atoms with van der Waals surface area (Å²) in [5.74, 6) is 0.172. The molecule has 1 aromatic heterocycles. The Morgan fingerprint density at radius 3 is 2.75 bits per heavy atom. The Morgan fingerprint density at radius 2 is 2.20 bits per heavy atom. The van der Waals surface area contributed by atoms with E-state index >= 15 is 0 Å². The van der Waals surface area contributed by atoms with Crippen molar-refractivity contribution in [1.82, 2.24) is 4.90 Å². The number of nitrogens with zero attached hydrogens (tertiary/aromatic N) is 1. The van der Waals surface area contributed by atoms with Crippen LogP contribution in [-0.4, -0.2) is 39.1 Å². The van der Waals surface area contributed by atoms with Crippen molar-refractivity contribution in [3.05, 3.63) is 17.0 Å². The maximum absolute atomic E-state index is 11.6. The highest BCUT2D eigenvalue weighted by atomic mass is 35.7. The molecule has 0 atom stereocenters. The number of rotatable bonds is 5. The van der Waals surface area contributed by atoms with E-state index in [0.717, 1.165) is 29.1 Å². The maximum Gasteiger partial charge on any atom is 0.409 e. The van der Waals surface area contributed by atoms with E-state index in [1.165, 1.54) is 6.07 Å². The summed E-state index contributed by atoms with van der Waals surface area (Å²) in [6, 6.07) is 3.26. The molecule has 2 heterocycles. The summed E-state index contributed by atoms with van der Waals surface area (Å²) in [4.78, 5) is 14.2. The summed E-state index contributed by atoms with van der Waals surface area (Å²) < 4.78 is 27.6. The topological polar surface area (TPSA) is 63.7 Å². The van der Waals surface area contributed by atoms with Crippen LogP contribution in [0.3, 0.4) is 0 Å². The lowest BCUT2D eigenvalue weighted by atomic mass is 9.99. The van der Waals surface area contributed by atoms with Crippen molar-refractivity contribution in [2.45, 2.75) is 29.9 Å². The molecule has 1 fully saturated rings. The zero-order valence-corrected chi connectivity index (χ0v) is 13.4. The van der Waals surface area contributed by atoms with E-state index in [-0.39, 0.29) is 16.2 Å². The fraction of sp³-hybridized carbons (Fsp3) is 0.583. The van der Waals surface area contributed by atoms with Gasteiger partial charge in [0.25, 0.3) is 9.05 Å². The van der Waals surface area contributed by atoms with Gasteiger partial charge in [0.2, 0.25) is 0 Å². The number of likely N-dealkylation sites (tertiary alicyclic amines) is 1. The molecule has 0 saturated carbocycles. The van der Waals surface area contributed by atoms with Crippen LogP contribution >= 0.6 is 22.0 Å². The molecular weight excluding hydrogens is 322 g/mol. The lowest BCUT2D eigenvalue weighted by Gasteiger charge is -2.37. The summed E-state index contributed by atoms with van der Waals surface area (Å²) in [5.41, 5.74) is 0. The number of ether oxygens (including phenoxy) is 1. The smallest absolute Gasteiger partial charge is 0.409 e.